The highest BCUT2D eigenvalue weighted by Crippen LogP contribution is 2.29. The van der Waals surface area contributed by atoms with Gasteiger partial charge in [-0.25, -0.2) is 4.79 Å². The molecule has 9 heteroatoms. The molecule has 3 amide bonds. The van der Waals surface area contributed by atoms with Gasteiger partial charge >= 0.3 is 6.03 Å². The molecule has 0 radical (unpaired) electrons. The summed E-state index contributed by atoms with van der Waals surface area (Å²) in [5, 5.41) is 7.81. The average molecular weight is 446 g/mol. The number of nitrogens with zero attached hydrogens (tertiary/aromatic N) is 1. The topological polar surface area (TPSA) is 103 Å². The maximum absolute atomic E-state index is 12.7. The van der Waals surface area contributed by atoms with Gasteiger partial charge in [-0.05, 0) is 47.9 Å². The Morgan fingerprint density at radius 2 is 2.00 bits per heavy atom. The minimum absolute atomic E-state index is 0.131. The van der Waals surface area contributed by atoms with E-state index >= 15 is 0 Å². The second-order valence-electron chi connectivity index (χ2n) is 7.17. The lowest BCUT2D eigenvalue weighted by molar-refractivity contribution is -0.114. The average Bonchev–Trinajstić information content (AvgIpc) is 3.10. The highest BCUT2D eigenvalue weighted by Gasteiger charge is 2.24. The first kappa shape index (κ1) is 20.5. The van der Waals surface area contributed by atoms with Crippen molar-refractivity contribution in [2.24, 2.45) is 5.73 Å². The highest BCUT2D eigenvalue weighted by atomic mass is 35.5. The Bertz CT molecular complexity index is 1130. The summed E-state index contributed by atoms with van der Waals surface area (Å²) in [6, 6.07) is 10.8. The second kappa shape index (κ2) is 8.55. The summed E-state index contributed by atoms with van der Waals surface area (Å²) in [6.45, 7) is 1.31. The molecule has 0 unspecified atom stereocenters. The Kier molecular flexibility index (Phi) is 5.85. The molecule has 2 heterocycles. The number of benzene rings is 2. The Morgan fingerprint density at radius 1 is 1.17 bits per heavy atom. The van der Waals surface area contributed by atoms with Crippen LogP contribution in [0.4, 0.5) is 10.5 Å². The van der Waals surface area contributed by atoms with Gasteiger partial charge in [0.1, 0.15) is 0 Å². The molecule has 7 nitrogen and oxygen atoms in total. The predicted octanol–water partition coefficient (Wildman–Crippen LogP) is 3.64. The fourth-order valence-corrected chi connectivity index (χ4v) is 3.99. The van der Waals surface area contributed by atoms with Crippen molar-refractivity contribution >= 4 is 51.7 Å². The molecule has 4 rings (SSSR count). The number of carbonyl (C=O) groups excluding carboxylic acids is 2. The van der Waals surface area contributed by atoms with Crippen molar-refractivity contribution in [3.8, 4) is 0 Å². The SMILES string of the molecule is NCC(=O)Nc1cc(CNC(=O)N2CCc3c([nH]c4ccc(Cl)cc34)C2)ccc1Cl. The molecule has 2 aromatic carbocycles. The molecule has 0 saturated carbocycles. The van der Waals surface area contributed by atoms with Crippen molar-refractivity contribution < 1.29 is 9.59 Å². The van der Waals surface area contributed by atoms with Gasteiger partial charge in [-0.2, -0.15) is 0 Å². The van der Waals surface area contributed by atoms with Crippen LogP contribution in [0.15, 0.2) is 36.4 Å². The van der Waals surface area contributed by atoms with E-state index in [1.54, 1.807) is 23.1 Å². The Balaban J connectivity index is 1.41. The van der Waals surface area contributed by atoms with Crippen LogP contribution in [0.2, 0.25) is 10.0 Å². The number of amides is 3. The molecule has 0 aliphatic carbocycles. The number of nitrogens with one attached hydrogen (secondary N) is 3. The third-order valence-corrected chi connectivity index (χ3v) is 5.72. The van der Waals surface area contributed by atoms with E-state index in [9.17, 15) is 9.59 Å². The molecule has 0 bridgehead atoms. The first-order chi connectivity index (χ1) is 14.4. The molecule has 1 aromatic heterocycles. The molecule has 156 valence electrons. The number of aromatic nitrogens is 1. The highest BCUT2D eigenvalue weighted by molar-refractivity contribution is 6.33. The van der Waals surface area contributed by atoms with Gasteiger partial charge in [-0.1, -0.05) is 29.3 Å². The molecular weight excluding hydrogens is 425 g/mol. The van der Waals surface area contributed by atoms with Crippen LogP contribution in [-0.4, -0.2) is 34.9 Å². The number of fused-ring (bicyclic) bond motifs is 3. The van der Waals surface area contributed by atoms with Crippen molar-refractivity contribution in [3.05, 3.63) is 63.3 Å². The van der Waals surface area contributed by atoms with Gasteiger partial charge < -0.3 is 26.3 Å². The van der Waals surface area contributed by atoms with Crippen LogP contribution in [0.5, 0.6) is 0 Å². The van der Waals surface area contributed by atoms with E-state index in [0.29, 0.717) is 35.4 Å². The molecule has 30 heavy (non-hydrogen) atoms. The maximum atomic E-state index is 12.7. The molecule has 3 aromatic rings. The number of H-pyrrole nitrogens is 1. The normalized spacial score (nSPS) is 13.2. The fourth-order valence-electron chi connectivity index (χ4n) is 3.66. The van der Waals surface area contributed by atoms with Crippen molar-refractivity contribution in [2.75, 3.05) is 18.4 Å². The Morgan fingerprint density at radius 3 is 2.80 bits per heavy atom. The maximum Gasteiger partial charge on any atom is 0.318 e. The van der Waals surface area contributed by atoms with Crippen LogP contribution in [0.3, 0.4) is 0 Å². The van der Waals surface area contributed by atoms with Crippen LogP contribution >= 0.6 is 23.2 Å². The van der Waals surface area contributed by atoms with E-state index in [2.05, 4.69) is 15.6 Å². The monoisotopic (exact) mass is 445 g/mol. The number of halogens is 2. The standard InChI is InChI=1S/C21H21Cl2N5O2/c22-13-2-4-17-15(8-13)14-5-6-28(11-19(14)26-17)21(30)25-10-12-1-3-16(23)18(7-12)27-20(29)9-24/h1-4,7-8,26H,5-6,9-11,24H2,(H,25,30)(H,27,29). The van der Waals surface area contributed by atoms with E-state index in [1.165, 1.54) is 5.56 Å². The lowest BCUT2D eigenvalue weighted by Crippen LogP contribution is -2.42. The summed E-state index contributed by atoms with van der Waals surface area (Å²) in [6.07, 6.45) is 0.763. The van der Waals surface area contributed by atoms with E-state index in [0.717, 1.165) is 28.6 Å². The molecule has 0 spiro atoms. The largest absolute Gasteiger partial charge is 0.357 e. The smallest absolute Gasteiger partial charge is 0.318 e. The molecule has 1 aliphatic heterocycles. The third kappa shape index (κ3) is 4.23. The number of rotatable bonds is 4. The Labute approximate surface area is 183 Å². The fraction of sp³-hybridized carbons (Fsp3) is 0.238. The van der Waals surface area contributed by atoms with E-state index in [-0.39, 0.29) is 18.5 Å². The van der Waals surface area contributed by atoms with Crippen LogP contribution in [0, 0.1) is 0 Å². The summed E-state index contributed by atoms with van der Waals surface area (Å²) in [7, 11) is 0. The van der Waals surface area contributed by atoms with Crippen LogP contribution < -0.4 is 16.4 Å². The lowest BCUT2D eigenvalue weighted by Gasteiger charge is -2.27. The first-order valence-corrected chi connectivity index (χ1v) is 10.3. The molecule has 0 fully saturated rings. The van der Waals surface area contributed by atoms with Crippen molar-refractivity contribution in [1.29, 1.82) is 0 Å². The quantitative estimate of drug-likeness (QED) is 0.492. The molecule has 1 aliphatic rings. The second-order valence-corrected chi connectivity index (χ2v) is 8.01. The molecule has 0 atom stereocenters. The molecule has 5 N–H and O–H groups in total. The van der Waals surface area contributed by atoms with Crippen LogP contribution in [0.25, 0.3) is 10.9 Å². The van der Waals surface area contributed by atoms with Gasteiger partial charge in [0, 0.05) is 34.7 Å². The van der Waals surface area contributed by atoms with Gasteiger partial charge in [0.05, 0.1) is 23.8 Å². The van der Waals surface area contributed by atoms with E-state index < -0.39 is 0 Å². The van der Waals surface area contributed by atoms with E-state index in [1.807, 2.05) is 18.2 Å². The van der Waals surface area contributed by atoms with Crippen LogP contribution in [-0.2, 0) is 24.3 Å². The summed E-state index contributed by atoms with van der Waals surface area (Å²) in [5.74, 6) is -0.332. The molecular formula is C21H21Cl2N5O2. The summed E-state index contributed by atoms with van der Waals surface area (Å²) < 4.78 is 0. The van der Waals surface area contributed by atoms with Crippen molar-refractivity contribution in [1.82, 2.24) is 15.2 Å². The number of hydrogen-bond donors (Lipinski definition) is 4. The number of urea groups is 1. The predicted molar refractivity (Wildman–Crippen MR) is 119 cm³/mol. The number of anilines is 1. The van der Waals surface area contributed by atoms with Crippen molar-refractivity contribution in [2.45, 2.75) is 19.5 Å². The zero-order valence-corrected chi connectivity index (χ0v) is 17.6. The van der Waals surface area contributed by atoms with Gasteiger partial charge in [0.2, 0.25) is 5.91 Å². The third-order valence-electron chi connectivity index (χ3n) is 5.16. The van der Waals surface area contributed by atoms with Crippen molar-refractivity contribution in [3.63, 3.8) is 0 Å². The van der Waals surface area contributed by atoms with E-state index in [4.69, 9.17) is 28.9 Å². The van der Waals surface area contributed by atoms with Gasteiger partial charge in [-0.15, -0.1) is 0 Å². The molecule has 0 saturated heterocycles. The number of hydrogen-bond acceptors (Lipinski definition) is 3. The zero-order chi connectivity index (χ0) is 21.3. The van der Waals surface area contributed by atoms with Gasteiger partial charge in [-0.3, -0.25) is 4.79 Å². The zero-order valence-electron chi connectivity index (χ0n) is 16.1. The number of carbonyl (C=O) groups is 2. The van der Waals surface area contributed by atoms with Gasteiger partial charge in [0.25, 0.3) is 0 Å². The summed E-state index contributed by atoms with van der Waals surface area (Å²) in [5.41, 5.74) is 9.90. The summed E-state index contributed by atoms with van der Waals surface area (Å²) >= 11 is 12.2. The number of nitrogens with two attached hydrogens (primary N) is 1. The Hall–Kier alpha value is -2.74. The minimum Gasteiger partial charge on any atom is -0.357 e. The van der Waals surface area contributed by atoms with Crippen LogP contribution in [0.1, 0.15) is 16.8 Å². The lowest BCUT2D eigenvalue weighted by atomic mass is 10.0. The first-order valence-electron chi connectivity index (χ1n) is 9.54. The minimum atomic E-state index is -0.332. The van der Waals surface area contributed by atoms with Gasteiger partial charge in [0.15, 0.2) is 0 Å². The summed E-state index contributed by atoms with van der Waals surface area (Å²) in [4.78, 5) is 29.4. The number of aromatic amines is 1.